The molecule has 1 unspecified atom stereocenters. The second-order valence-electron chi connectivity index (χ2n) is 3.81. The van der Waals surface area contributed by atoms with Crippen LogP contribution in [0.3, 0.4) is 0 Å². The van der Waals surface area contributed by atoms with Crippen LogP contribution in [0.4, 0.5) is 13.2 Å². The first-order chi connectivity index (χ1) is 8.25. The van der Waals surface area contributed by atoms with Crippen molar-refractivity contribution in [2.24, 2.45) is 0 Å². The number of nitriles is 1. The third-order valence-electron chi connectivity index (χ3n) is 2.58. The number of nitrogens with zero attached hydrogens (tertiary/aromatic N) is 1. The number of benzene rings is 1. The van der Waals surface area contributed by atoms with Crippen LogP contribution in [-0.4, -0.2) is 33.2 Å². The fourth-order valence-corrected chi connectivity index (χ4v) is 2.64. The van der Waals surface area contributed by atoms with E-state index in [0.717, 1.165) is 12.1 Å². The van der Waals surface area contributed by atoms with Crippen LogP contribution in [0.5, 0.6) is 0 Å². The fraction of sp³-hybridized carbons (Fsp3) is 0.273. The minimum atomic E-state index is -4.48. The Labute approximate surface area is 116 Å². The van der Waals surface area contributed by atoms with Crippen molar-refractivity contribution in [3.05, 3.63) is 35.4 Å². The molecule has 0 fully saturated rings. The number of hydrogen-bond acceptors (Lipinski definition) is 2. The zero-order valence-corrected chi connectivity index (χ0v) is 11.4. The molecule has 0 saturated heterocycles. The zero-order chi connectivity index (χ0) is 14.0. The molecule has 7 heteroatoms. The summed E-state index contributed by atoms with van der Waals surface area (Å²) in [6.07, 6.45) is -4.48. The summed E-state index contributed by atoms with van der Waals surface area (Å²) >= 11 is 1.19. The standard InChI is InChI=1S/C11H8F3NOSe.Li/c1-10(6-15,9(16)17)7-3-2-4-8(5-7)11(12,13)14;/h2-5H,1H3,(H,16,17);/q;+1/p-1. The number of carbonyl (C=O) groups is 1. The quantitative estimate of drug-likeness (QED) is 0.799. The molecule has 0 aromatic heterocycles. The van der Waals surface area contributed by atoms with Gasteiger partial charge in [0.15, 0.2) is 0 Å². The Hall–Kier alpha value is -0.713. The molecule has 1 atom stereocenters. The first kappa shape index (κ1) is 15.3. The Balaban J connectivity index is 3.34. The molecule has 0 radical (unpaired) electrons. The maximum absolute atomic E-state index is 12.6. The van der Waals surface area contributed by atoms with Crippen molar-refractivity contribution in [1.29, 1.82) is 5.26 Å². The minimum absolute atomic E-state index is 0.0913. The summed E-state index contributed by atoms with van der Waals surface area (Å²) in [5, 5.41) is 9.09. The van der Waals surface area contributed by atoms with E-state index in [1.807, 2.05) is 6.07 Å². The predicted octanol–water partition coefficient (Wildman–Crippen LogP) is 1.80. The van der Waals surface area contributed by atoms with E-state index in [0.29, 0.717) is 0 Å². The van der Waals surface area contributed by atoms with Crippen molar-refractivity contribution in [1.82, 2.24) is 0 Å². The summed E-state index contributed by atoms with van der Waals surface area (Å²) < 4.78 is 37.4. The molecule has 0 aliphatic carbocycles. The van der Waals surface area contributed by atoms with E-state index in [1.54, 1.807) is 15.8 Å². The number of carbonyl (C=O) groups excluding carboxylic acids is 1. The second kappa shape index (κ2) is 5.51. The third-order valence-corrected chi connectivity index (χ3v) is 4.22. The zero-order valence-electron chi connectivity index (χ0n) is 9.71. The Bertz CT molecular complexity index is 512. The summed E-state index contributed by atoms with van der Waals surface area (Å²) in [6, 6.07) is 6.20. The first-order valence-electron chi connectivity index (χ1n) is 4.93. The predicted molar refractivity (Wildman–Crippen MR) is 60.9 cm³/mol. The van der Waals surface area contributed by atoms with Gasteiger partial charge >= 0.3 is 116 Å². The van der Waals surface area contributed by atoms with E-state index in [9.17, 15) is 18.0 Å². The van der Waals surface area contributed by atoms with Crippen LogP contribution in [0.15, 0.2) is 24.3 Å². The third kappa shape index (κ3) is 2.99. The number of rotatable bonds is 3. The molecule has 0 aliphatic rings. The van der Waals surface area contributed by atoms with E-state index < -0.39 is 29.9 Å². The van der Waals surface area contributed by atoms with Gasteiger partial charge in [0, 0.05) is 0 Å². The van der Waals surface area contributed by atoms with Crippen molar-refractivity contribution >= 4 is 33.2 Å². The molecule has 0 amide bonds. The molecule has 1 aromatic rings. The first-order valence-corrected chi connectivity index (χ1v) is 7.50. The Kier molecular flexibility index (Phi) is 4.70. The van der Waals surface area contributed by atoms with Crippen molar-refractivity contribution in [2.45, 2.75) is 18.5 Å². The Morgan fingerprint density at radius 2 is 1.94 bits per heavy atom. The van der Waals surface area contributed by atoms with Crippen molar-refractivity contribution in [2.75, 3.05) is 0 Å². The number of halogens is 3. The monoisotopic (exact) mass is 313 g/mol. The maximum atomic E-state index is 12.6. The molecule has 0 N–H and O–H groups in total. The van der Waals surface area contributed by atoms with Crippen molar-refractivity contribution in [3.8, 4) is 6.07 Å². The second-order valence-corrected chi connectivity index (χ2v) is 5.44. The van der Waals surface area contributed by atoms with Gasteiger partial charge in [-0.25, -0.2) is 0 Å². The van der Waals surface area contributed by atoms with Crippen LogP contribution in [0.25, 0.3) is 0 Å². The van der Waals surface area contributed by atoms with Gasteiger partial charge in [-0.05, 0) is 0 Å². The summed E-state index contributed by atoms with van der Waals surface area (Å²) in [5.74, 6) is 0. The Morgan fingerprint density at radius 3 is 2.39 bits per heavy atom. The van der Waals surface area contributed by atoms with E-state index in [-0.39, 0.29) is 10.2 Å². The molecule has 0 aliphatic heterocycles. The molecule has 1 rings (SSSR count). The molecule has 0 heterocycles. The molecular weight excluding hydrogens is 305 g/mol. The molecule has 0 bridgehead atoms. The van der Waals surface area contributed by atoms with Gasteiger partial charge in [0.25, 0.3) is 0 Å². The van der Waals surface area contributed by atoms with Gasteiger partial charge in [-0.2, -0.15) is 0 Å². The summed E-state index contributed by atoms with van der Waals surface area (Å²) in [5.41, 5.74) is -2.26. The van der Waals surface area contributed by atoms with Crippen LogP contribution in [0.1, 0.15) is 18.1 Å². The van der Waals surface area contributed by atoms with Crippen LogP contribution in [0.2, 0.25) is 0 Å². The van der Waals surface area contributed by atoms with Gasteiger partial charge in [0.1, 0.15) is 0 Å². The van der Waals surface area contributed by atoms with Gasteiger partial charge in [0.2, 0.25) is 0 Å². The topological polar surface area (TPSA) is 40.9 Å². The molecule has 90 valence electrons. The SMILES string of the molecule is [Li][Se]C(=O)C(C)(C#N)c1cccc(C(F)(F)F)c1. The Morgan fingerprint density at radius 1 is 1.39 bits per heavy atom. The number of hydrogen-bond donors (Lipinski definition) is 0. The van der Waals surface area contributed by atoms with Crippen LogP contribution < -0.4 is 0 Å². The van der Waals surface area contributed by atoms with Gasteiger partial charge in [-0.15, -0.1) is 0 Å². The van der Waals surface area contributed by atoms with Gasteiger partial charge in [-0.3, -0.25) is 0 Å². The molecule has 0 saturated carbocycles. The van der Waals surface area contributed by atoms with E-state index in [1.165, 1.54) is 19.1 Å². The van der Waals surface area contributed by atoms with E-state index in [2.05, 4.69) is 0 Å². The average molecular weight is 312 g/mol. The fourth-order valence-electron chi connectivity index (χ4n) is 1.44. The van der Waals surface area contributed by atoms with Crippen molar-refractivity contribution < 1.29 is 18.0 Å². The van der Waals surface area contributed by atoms with Crippen LogP contribution >= 0.6 is 0 Å². The molecule has 0 spiro atoms. The summed E-state index contributed by atoms with van der Waals surface area (Å²) in [7, 11) is 0. The molecule has 2 nitrogen and oxygen atoms in total. The number of alkyl halides is 3. The molecular formula is C11H7F3LiNOSe. The van der Waals surface area contributed by atoms with E-state index in [4.69, 9.17) is 5.26 Å². The van der Waals surface area contributed by atoms with Gasteiger partial charge < -0.3 is 0 Å². The normalized spacial score (nSPS) is 14.7. The molecule has 1 aromatic carbocycles. The van der Waals surface area contributed by atoms with Crippen LogP contribution in [0, 0.1) is 11.3 Å². The average Bonchev–Trinajstić information content (AvgIpc) is 2.36. The van der Waals surface area contributed by atoms with E-state index >= 15 is 0 Å². The van der Waals surface area contributed by atoms with Gasteiger partial charge in [0.05, 0.1) is 0 Å². The molecule has 18 heavy (non-hydrogen) atoms. The summed E-state index contributed by atoms with van der Waals surface area (Å²) in [4.78, 5) is 11.8. The van der Waals surface area contributed by atoms with Crippen LogP contribution in [-0.2, 0) is 16.4 Å². The van der Waals surface area contributed by atoms with Gasteiger partial charge in [-0.1, -0.05) is 0 Å². The summed E-state index contributed by atoms with van der Waals surface area (Å²) in [6.45, 7) is 1.36. The van der Waals surface area contributed by atoms with Crippen molar-refractivity contribution in [3.63, 3.8) is 0 Å².